The molecule has 1 amide bonds. The zero-order chi connectivity index (χ0) is 14.1. The van der Waals surface area contributed by atoms with E-state index in [-0.39, 0.29) is 24.8 Å². The van der Waals surface area contributed by atoms with Gasteiger partial charge in [-0.2, -0.15) is 0 Å². The minimum Gasteiger partial charge on any atom is -0.497 e. The Kier molecular flexibility index (Phi) is 6.43. The molecule has 0 radical (unpaired) electrons. The summed E-state index contributed by atoms with van der Waals surface area (Å²) in [5, 5.41) is 2.66. The van der Waals surface area contributed by atoms with E-state index >= 15 is 0 Å². The highest BCUT2D eigenvalue weighted by Gasteiger charge is 2.07. The largest absolute Gasteiger partial charge is 0.497 e. The molecule has 0 heterocycles. The van der Waals surface area contributed by atoms with Gasteiger partial charge in [-0.25, -0.2) is 0 Å². The highest BCUT2D eigenvalue weighted by atomic mass is 16.5. The van der Waals surface area contributed by atoms with E-state index in [2.05, 4.69) is 5.32 Å². The smallest absolute Gasteiger partial charge is 0.307 e. The quantitative estimate of drug-likeness (QED) is 0.763. The Balaban J connectivity index is 2.32. The topological polar surface area (TPSA) is 64.6 Å². The number of esters is 1. The number of hydrogen-bond acceptors (Lipinski definition) is 4. The van der Waals surface area contributed by atoms with Gasteiger partial charge in [-0.1, -0.05) is 6.92 Å². The van der Waals surface area contributed by atoms with Crippen molar-refractivity contribution in [3.8, 4) is 5.75 Å². The molecule has 0 aliphatic heterocycles. The van der Waals surface area contributed by atoms with Crippen molar-refractivity contribution in [2.45, 2.75) is 19.8 Å². The molecular weight excluding hydrogens is 246 g/mol. The van der Waals surface area contributed by atoms with Crippen molar-refractivity contribution in [3.63, 3.8) is 0 Å². The molecule has 1 aromatic carbocycles. The fourth-order valence-electron chi connectivity index (χ4n) is 1.41. The summed E-state index contributed by atoms with van der Waals surface area (Å²) in [6.07, 6.45) is 0.978. The third-order valence-electron chi connectivity index (χ3n) is 2.43. The molecule has 5 nitrogen and oxygen atoms in total. The van der Waals surface area contributed by atoms with Gasteiger partial charge in [0.2, 0.25) is 0 Å². The van der Waals surface area contributed by atoms with Gasteiger partial charge in [-0.15, -0.1) is 0 Å². The lowest BCUT2D eigenvalue weighted by atomic mass is 10.2. The Hall–Kier alpha value is -2.04. The van der Waals surface area contributed by atoms with Gasteiger partial charge in [0.15, 0.2) is 0 Å². The molecule has 0 aromatic heterocycles. The molecule has 0 aliphatic carbocycles. The van der Waals surface area contributed by atoms with E-state index in [9.17, 15) is 9.59 Å². The molecule has 0 aliphatic rings. The number of carbonyl (C=O) groups excluding carboxylic acids is 2. The van der Waals surface area contributed by atoms with Crippen LogP contribution >= 0.6 is 0 Å². The van der Waals surface area contributed by atoms with Crippen LogP contribution in [0, 0.1) is 0 Å². The SMILES string of the molecule is CCCOC(=O)CCNC(=O)c1ccc(OC)cc1. The van der Waals surface area contributed by atoms with Gasteiger partial charge in [-0.05, 0) is 30.7 Å². The Morgan fingerprint density at radius 2 is 1.89 bits per heavy atom. The lowest BCUT2D eigenvalue weighted by Gasteiger charge is -2.06. The van der Waals surface area contributed by atoms with E-state index in [1.807, 2.05) is 6.92 Å². The predicted octanol–water partition coefficient (Wildman–Crippen LogP) is 1.77. The molecule has 0 fully saturated rings. The molecule has 1 aromatic rings. The van der Waals surface area contributed by atoms with Gasteiger partial charge in [0.1, 0.15) is 5.75 Å². The van der Waals surface area contributed by atoms with Gasteiger partial charge in [0.25, 0.3) is 5.91 Å². The van der Waals surface area contributed by atoms with Crippen LogP contribution in [0.25, 0.3) is 0 Å². The van der Waals surface area contributed by atoms with Gasteiger partial charge in [0, 0.05) is 12.1 Å². The number of hydrogen-bond donors (Lipinski definition) is 1. The third-order valence-corrected chi connectivity index (χ3v) is 2.43. The fraction of sp³-hybridized carbons (Fsp3) is 0.429. The molecule has 0 atom stereocenters. The van der Waals surface area contributed by atoms with Gasteiger partial charge in [0.05, 0.1) is 20.1 Å². The van der Waals surface area contributed by atoms with Crippen molar-refractivity contribution in [2.75, 3.05) is 20.3 Å². The van der Waals surface area contributed by atoms with Crippen LogP contribution in [0.1, 0.15) is 30.1 Å². The zero-order valence-corrected chi connectivity index (χ0v) is 11.3. The maximum Gasteiger partial charge on any atom is 0.307 e. The van der Waals surface area contributed by atoms with E-state index in [1.54, 1.807) is 31.4 Å². The van der Waals surface area contributed by atoms with Crippen molar-refractivity contribution in [1.29, 1.82) is 0 Å². The Labute approximate surface area is 112 Å². The van der Waals surface area contributed by atoms with Crippen LogP contribution in [0.3, 0.4) is 0 Å². The molecule has 1 N–H and O–H groups in total. The van der Waals surface area contributed by atoms with Gasteiger partial charge < -0.3 is 14.8 Å². The number of ether oxygens (including phenoxy) is 2. The highest BCUT2D eigenvalue weighted by Crippen LogP contribution is 2.10. The molecule has 0 spiro atoms. The van der Waals surface area contributed by atoms with Crippen molar-refractivity contribution < 1.29 is 19.1 Å². The van der Waals surface area contributed by atoms with E-state index in [1.165, 1.54) is 0 Å². The average Bonchev–Trinajstić information content (AvgIpc) is 2.45. The summed E-state index contributed by atoms with van der Waals surface area (Å²) in [6.45, 7) is 2.62. The summed E-state index contributed by atoms with van der Waals surface area (Å²) in [7, 11) is 1.57. The average molecular weight is 265 g/mol. The van der Waals surface area contributed by atoms with Crippen LogP contribution in [0.4, 0.5) is 0 Å². The van der Waals surface area contributed by atoms with Crippen LogP contribution in [0.2, 0.25) is 0 Å². The number of amides is 1. The first-order valence-electron chi connectivity index (χ1n) is 6.25. The Bertz CT molecular complexity index is 414. The third kappa shape index (κ3) is 5.42. The molecule has 19 heavy (non-hydrogen) atoms. The van der Waals surface area contributed by atoms with Crippen LogP contribution < -0.4 is 10.1 Å². The molecule has 0 bridgehead atoms. The summed E-state index contributed by atoms with van der Waals surface area (Å²) in [4.78, 5) is 22.9. The van der Waals surface area contributed by atoms with Crippen LogP contribution in [0.5, 0.6) is 5.75 Å². The first kappa shape index (κ1) is 15.0. The predicted molar refractivity (Wildman–Crippen MR) is 71.2 cm³/mol. The number of methoxy groups -OCH3 is 1. The van der Waals surface area contributed by atoms with Crippen molar-refractivity contribution >= 4 is 11.9 Å². The molecule has 0 saturated carbocycles. The maximum atomic E-state index is 11.7. The second-order valence-corrected chi connectivity index (χ2v) is 3.95. The lowest BCUT2D eigenvalue weighted by molar-refractivity contribution is -0.143. The Morgan fingerprint density at radius 3 is 2.47 bits per heavy atom. The monoisotopic (exact) mass is 265 g/mol. The standard InChI is InChI=1S/C14H19NO4/c1-3-10-19-13(16)8-9-15-14(17)11-4-6-12(18-2)7-5-11/h4-7H,3,8-10H2,1-2H3,(H,15,17). The van der Waals surface area contributed by atoms with Crippen molar-refractivity contribution in [1.82, 2.24) is 5.32 Å². The second kappa shape index (κ2) is 8.13. The van der Waals surface area contributed by atoms with Crippen molar-refractivity contribution in [2.24, 2.45) is 0 Å². The highest BCUT2D eigenvalue weighted by molar-refractivity contribution is 5.94. The number of rotatable bonds is 7. The summed E-state index contributed by atoms with van der Waals surface area (Å²) < 4.78 is 9.91. The summed E-state index contributed by atoms with van der Waals surface area (Å²) >= 11 is 0. The van der Waals surface area contributed by atoms with Gasteiger partial charge in [-0.3, -0.25) is 9.59 Å². The van der Waals surface area contributed by atoms with E-state index in [0.29, 0.717) is 17.9 Å². The lowest BCUT2D eigenvalue weighted by Crippen LogP contribution is -2.26. The number of nitrogens with one attached hydrogen (secondary N) is 1. The minimum atomic E-state index is -0.295. The second-order valence-electron chi connectivity index (χ2n) is 3.95. The first-order valence-corrected chi connectivity index (χ1v) is 6.25. The Morgan fingerprint density at radius 1 is 1.21 bits per heavy atom. The number of benzene rings is 1. The summed E-state index contributed by atoms with van der Waals surface area (Å²) in [6, 6.07) is 6.77. The van der Waals surface area contributed by atoms with Crippen molar-refractivity contribution in [3.05, 3.63) is 29.8 Å². The van der Waals surface area contributed by atoms with Crippen LogP contribution in [0.15, 0.2) is 24.3 Å². The molecule has 104 valence electrons. The number of carbonyl (C=O) groups is 2. The fourth-order valence-corrected chi connectivity index (χ4v) is 1.41. The summed E-state index contributed by atoms with van der Waals surface area (Å²) in [5.74, 6) is 0.183. The van der Waals surface area contributed by atoms with E-state index < -0.39 is 0 Å². The molecule has 5 heteroatoms. The maximum absolute atomic E-state index is 11.7. The molecule has 1 rings (SSSR count). The van der Waals surface area contributed by atoms with Gasteiger partial charge >= 0.3 is 5.97 Å². The molecule has 0 unspecified atom stereocenters. The zero-order valence-electron chi connectivity index (χ0n) is 11.3. The summed E-state index contributed by atoms with van der Waals surface area (Å²) in [5.41, 5.74) is 0.530. The minimum absolute atomic E-state index is 0.182. The van der Waals surface area contributed by atoms with Crippen LogP contribution in [-0.2, 0) is 9.53 Å². The normalized spacial score (nSPS) is 9.79. The molecule has 0 saturated heterocycles. The molecular formula is C14H19NO4. The van der Waals surface area contributed by atoms with Crippen LogP contribution in [-0.4, -0.2) is 32.1 Å². The van der Waals surface area contributed by atoms with E-state index in [4.69, 9.17) is 9.47 Å². The first-order chi connectivity index (χ1) is 9.17. The van der Waals surface area contributed by atoms with E-state index in [0.717, 1.165) is 6.42 Å².